The number of amides is 1. The molecule has 1 aromatic heterocycles. The van der Waals surface area contributed by atoms with Crippen LogP contribution < -0.4 is 10.1 Å². The van der Waals surface area contributed by atoms with Gasteiger partial charge in [0.1, 0.15) is 0 Å². The number of hydrogen-bond donors (Lipinski definition) is 1. The molecule has 0 saturated carbocycles. The number of hydrogen-bond acceptors (Lipinski definition) is 3. The summed E-state index contributed by atoms with van der Waals surface area (Å²) in [4.78, 5) is 11.2. The summed E-state index contributed by atoms with van der Waals surface area (Å²) in [5.41, 5.74) is 0. The number of ether oxygens (including phenoxy) is 1. The van der Waals surface area contributed by atoms with Crippen molar-refractivity contribution in [2.45, 2.75) is 32.9 Å². The topological polar surface area (TPSA) is 56.1 Å². The van der Waals surface area contributed by atoms with Crippen LogP contribution in [0.15, 0.2) is 12.4 Å². The van der Waals surface area contributed by atoms with Crippen LogP contribution in [-0.4, -0.2) is 28.8 Å². The molecule has 5 nitrogen and oxygen atoms in total. The van der Waals surface area contributed by atoms with Crippen LogP contribution in [0, 0.1) is 0 Å². The van der Waals surface area contributed by atoms with E-state index in [9.17, 15) is 4.79 Å². The Labute approximate surface area is 89.4 Å². The normalized spacial score (nSPS) is 12.2. The molecular weight excluding hydrogens is 194 g/mol. The molecule has 0 saturated heterocycles. The quantitative estimate of drug-likeness (QED) is 0.784. The molecule has 1 rings (SSSR count). The van der Waals surface area contributed by atoms with Crippen LogP contribution in [0.1, 0.15) is 20.3 Å². The van der Waals surface area contributed by atoms with E-state index in [-0.39, 0.29) is 5.91 Å². The molecule has 1 atom stereocenters. The maximum absolute atomic E-state index is 11.2. The minimum Gasteiger partial charge on any atom is -0.478 e. The summed E-state index contributed by atoms with van der Waals surface area (Å²) in [6.45, 7) is 4.64. The summed E-state index contributed by atoms with van der Waals surface area (Å²) in [5, 5.41) is 6.63. The Hall–Kier alpha value is -1.52. The second-order valence-corrected chi connectivity index (χ2v) is 3.31. The van der Waals surface area contributed by atoms with Gasteiger partial charge in [0.2, 0.25) is 0 Å². The van der Waals surface area contributed by atoms with E-state index in [1.807, 2.05) is 0 Å². The first-order valence-corrected chi connectivity index (χ1v) is 5.08. The van der Waals surface area contributed by atoms with Crippen LogP contribution in [0.4, 0.5) is 0 Å². The van der Waals surface area contributed by atoms with Crippen LogP contribution in [-0.2, 0) is 11.3 Å². The van der Waals surface area contributed by atoms with Gasteiger partial charge in [-0.25, -0.2) is 0 Å². The maximum Gasteiger partial charge on any atom is 0.260 e. The number of aromatic nitrogens is 2. The van der Waals surface area contributed by atoms with Gasteiger partial charge >= 0.3 is 0 Å². The smallest absolute Gasteiger partial charge is 0.260 e. The summed E-state index contributed by atoms with van der Waals surface area (Å²) < 4.78 is 7.20. The van der Waals surface area contributed by atoms with Crippen molar-refractivity contribution >= 4 is 5.91 Å². The van der Waals surface area contributed by atoms with Gasteiger partial charge in [-0.15, -0.1) is 0 Å². The molecule has 5 heteroatoms. The van der Waals surface area contributed by atoms with Crippen molar-refractivity contribution in [3.8, 4) is 5.75 Å². The molecule has 0 fully saturated rings. The van der Waals surface area contributed by atoms with Crippen LogP contribution in [0.25, 0.3) is 0 Å². The number of rotatable bonds is 5. The molecule has 0 aromatic carbocycles. The molecule has 0 aliphatic rings. The third-order valence-corrected chi connectivity index (χ3v) is 1.99. The SMILES string of the molecule is CCCn1cc(OC(C)C(=O)NC)cn1. The van der Waals surface area contributed by atoms with Crippen molar-refractivity contribution in [3.63, 3.8) is 0 Å². The second kappa shape index (κ2) is 5.38. The first kappa shape index (κ1) is 11.6. The molecule has 0 radical (unpaired) electrons. The highest BCUT2D eigenvalue weighted by molar-refractivity contribution is 5.80. The number of nitrogens with zero attached hydrogens (tertiary/aromatic N) is 2. The lowest BCUT2D eigenvalue weighted by Crippen LogP contribution is -2.33. The molecule has 84 valence electrons. The summed E-state index contributed by atoms with van der Waals surface area (Å²) in [6.07, 6.45) is 3.94. The van der Waals surface area contributed by atoms with E-state index >= 15 is 0 Å². The van der Waals surface area contributed by atoms with E-state index < -0.39 is 6.10 Å². The molecule has 0 aliphatic carbocycles. The van der Waals surface area contributed by atoms with Gasteiger partial charge in [-0.3, -0.25) is 9.48 Å². The van der Waals surface area contributed by atoms with E-state index in [0.717, 1.165) is 13.0 Å². The van der Waals surface area contributed by atoms with Gasteiger partial charge < -0.3 is 10.1 Å². The highest BCUT2D eigenvalue weighted by Gasteiger charge is 2.13. The average Bonchev–Trinajstić information content (AvgIpc) is 2.65. The molecule has 1 unspecified atom stereocenters. The van der Waals surface area contributed by atoms with Crippen molar-refractivity contribution in [1.29, 1.82) is 0 Å². The highest BCUT2D eigenvalue weighted by atomic mass is 16.5. The van der Waals surface area contributed by atoms with Crippen molar-refractivity contribution in [3.05, 3.63) is 12.4 Å². The van der Waals surface area contributed by atoms with E-state index in [1.54, 1.807) is 31.0 Å². The van der Waals surface area contributed by atoms with Gasteiger partial charge in [-0.2, -0.15) is 5.10 Å². The fourth-order valence-electron chi connectivity index (χ4n) is 1.22. The predicted molar refractivity (Wildman–Crippen MR) is 56.7 cm³/mol. The Balaban J connectivity index is 2.53. The first-order chi connectivity index (χ1) is 7.17. The number of nitrogens with one attached hydrogen (secondary N) is 1. The van der Waals surface area contributed by atoms with Crippen LogP contribution >= 0.6 is 0 Å². The number of carbonyl (C=O) groups is 1. The van der Waals surface area contributed by atoms with Gasteiger partial charge in [0.05, 0.1) is 12.4 Å². The molecule has 1 aromatic rings. The monoisotopic (exact) mass is 211 g/mol. The Morgan fingerprint density at radius 2 is 2.47 bits per heavy atom. The third-order valence-electron chi connectivity index (χ3n) is 1.99. The zero-order valence-electron chi connectivity index (χ0n) is 9.36. The summed E-state index contributed by atoms with van der Waals surface area (Å²) in [7, 11) is 1.59. The Morgan fingerprint density at radius 3 is 3.07 bits per heavy atom. The van der Waals surface area contributed by atoms with E-state index in [1.165, 1.54) is 0 Å². The highest BCUT2D eigenvalue weighted by Crippen LogP contribution is 2.10. The van der Waals surface area contributed by atoms with Crippen molar-refractivity contribution in [2.75, 3.05) is 7.05 Å². The van der Waals surface area contributed by atoms with Gasteiger partial charge in [-0.1, -0.05) is 6.92 Å². The second-order valence-electron chi connectivity index (χ2n) is 3.31. The number of likely N-dealkylation sites (N-methyl/N-ethyl adjacent to an activating group) is 1. The standard InChI is InChI=1S/C10H17N3O2/c1-4-5-13-7-9(6-12-13)15-8(2)10(14)11-3/h6-8H,4-5H2,1-3H3,(H,11,14). The fourth-order valence-corrected chi connectivity index (χ4v) is 1.22. The minimum atomic E-state index is -0.491. The van der Waals surface area contributed by atoms with Crippen LogP contribution in [0.3, 0.4) is 0 Å². The number of aryl methyl sites for hydroxylation is 1. The van der Waals surface area contributed by atoms with Gasteiger partial charge in [0, 0.05) is 13.6 Å². The zero-order valence-corrected chi connectivity index (χ0v) is 9.36. The summed E-state index contributed by atoms with van der Waals surface area (Å²) in [6, 6.07) is 0. The molecule has 0 spiro atoms. The van der Waals surface area contributed by atoms with Crippen molar-refractivity contribution in [1.82, 2.24) is 15.1 Å². The van der Waals surface area contributed by atoms with Gasteiger partial charge in [0.15, 0.2) is 11.9 Å². The lowest BCUT2D eigenvalue weighted by molar-refractivity contribution is -0.126. The largest absolute Gasteiger partial charge is 0.478 e. The lowest BCUT2D eigenvalue weighted by Gasteiger charge is -2.10. The number of carbonyl (C=O) groups excluding carboxylic acids is 1. The third kappa shape index (κ3) is 3.27. The molecule has 0 aliphatic heterocycles. The Bertz CT molecular complexity index is 322. The molecule has 1 N–H and O–H groups in total. The summed E-state index contributed by atoms with van der Waals surface area (Å²) >= 11 is 0. The van der Waals surface area contributed by atoms with Crippen molar-refractivity contribution < 1.29 is 9.53 Å². The average molecular weight is 211 g/mol. The molecular formula is C10H17N3O2. The zero-order chi connectivity index (χ0) is 11.3. The van der Waals surface area contributed by atoms with Gasteiger partial charge in [-0.05, 0) is 13.3 Å². The maximum atomic E-state index is 11.2. The van der Waals surface area contributed by atoms with E-state index in [2.05, 4.69) is 17.3 Å². The lowest BCUT2D eigenvalue weighted by atomic mass is 10.4. The minimum absolute atomic E-state index is 0.141. The molecule has 1 heterocycles. The fraction of sp³-hybridized carbons (Fsp3) is 0.600. The van der Waals surface area contributed by atoms with Gasteiger partial charge in [0.25, 0.3) is 5.91 Å². The van der Waals surface area contributed by atoms with E-state index in [0.29, 0.717) is 5.75 Å². The van der Waals surface area contributed by atoms with Crippen LogP contribution in [0.5, 0.6) is 5.75 Å². The predicted octanol–water partition coefficient (Wildman–Crippen LogP) is 0.806. The Kier molecular flexibility index (Phi) is 4.15. The van der Waals surface area contributed by atoms with E-state index in [4.69, 9.17) is 4.74 Å². The molecule has 15 heavy (non-hydrogen) atoms. The van der Waals surface area contributed by atoms with Crippen LogP contribution in [0.2, 0.25) is 0 Å². The van der Waals surface area contributed by atoms with Crippen molar-refractivity contribution in [2.24, 2.45) is 0 Å². The Morgan fingerprint density at radius 1 is 1.73 bits per heavy atom. The summed E-state index contributed by atoms with van der Waals surface area (Å²) in [5.74, 6) is 0.484. The molecule has 1 amide bonds. The molecule has 0 bridgehead atoms. The first-order valence-electron chi connectivity index (χ1n) is 5.08.